The van der Waals surface area contributed by atoms with Crippen LogP contribution in [0.25, 0.3) is 10.9 Å². The Labute approximate surface area is 183 Å². The third-order valence-corrected chi connectivity index (χ3v) is 7.13. The quantitative estimate of drug-likeness (QED) is 0.659. The van der Waals surface area contributed by atoms with Crippen molar-refractivity contribution < 1.29 is 14.9 Å². The van der Waals surface area contributed by atoms with Gasteiger partial charge in [-0.25, -0.2) is 0 Å². The summed E-state index contributed by atoms with van der Waals surface area (Å²) in [5, 5.41) is 22.9. The summed E-state index contributed by atoms with van der Waals surface area (Å²) in [6, 6.07) is 14.4. The first kappa shape index (κ1) is 20.6. The molecular formula is C26H32N2O3. The minimum Gasteiger partial charge on any atom is -0.487 e. The van der Waals surface area contributed by atoms with Crippen LogP contribution in [0.15, 0.2) is 48.7 Å². The maximum atomic E-state index is 11.1. The summed E-state index contributed by atoms with van der Waals surface area (Å²) in [5.74, 6) is 0.824. The molecule has 5 heteroatoms. The molecule has 2 aromatic carbocycles. The van der Waals surface area contributed by atoms with Crippen LogP contribution >= 0.6 is 0 Å². The highest BCUT2D eigenvalue weighted by atomic mass is 16.5. The largest absolute Gasteiger partial charge is 0.487 e. The van der Waals surface area contributed by atoms with E-state index >= 15 is 0 Å². The second kappa shape index (κ2) is 7.97. The van der Waals surface area contributed by atoms with Gasteiger partial charge in [-0.2, -0.15) is 0 Å². The minimum absolute atomic E-state index is 0.304. The molecule has 31 heavy (non-hydrogen) atoms. The van der Waals surface area contributed by atoms with Gasteiger partial charge < -0.3 is 24.4 Å². The highest BCUT2D eigenvalue weighted by Crippen LogP contribution is 2.44. The van der Waals surface area contributed by atoms with Crippen molar-refractivity contribution in [2.75, 3.05) is 19.6 Å². The smallest absolute Gasteiger partial charge is 0.125 e. The third-order valence-electron chi connectivity index (χ3n) is 7.13. The van der Waals surface area contributed by atoms with Crippen LogP contribution in [0.1, 0.15) is 55.1 Å². The Morgan fingerprint density at radius 2 is 1.94 bits per heavy atom. The van der Waals surface area contributed by atoms with Crippen molar-refractivity contribution >= 4 is 10.9 Å². The van der Waals surface area contributed by atoms with Gasteiger partial charge in [0.05, 0.1) is 12.2 Å². The maximum Gasteiger partial charge on any atom is 0.125 e. The molecule has 1 fully saturated rings. The van der Waals surface area contributed by atoms with Gasteiger partial charge in [-0.15, -0.1) is 0 Å². The number of aromatic nitrogens is 1. The topological polar surface area (TPSA) is 57.9 Å². The molecule has 0 radical (unpaired) electrons. The molecule has 2 atom stereocenters. The Bertz CT molecular complexity index is 1080. The maximum absolute atomic E-state index is 11.1. The molecule has 0 unspecified atom stereocenters. The van der Waals surface area contributed by atoms with Crippen LogP contribution in [0.4, 0.5) is 0 Å². The summed E-state index contributed by atoms with van der Waals surface area (Å²) in [7, 11) is 0. The highest BCUT2D eigenvalue weighted by molar-refractivity contribution is 5.84. The molecule has 0 amide bonds. The van der Waals surface area contributed by atoms with Crippen LogP contribution in [-0.4, -0.2) is 44.9 Å². The molecule has 5 rings (SSSR count). The molecule has 5 nitrogen and oxygen atoms in total. The zero-order valence-electron chi connectivity index (χ0n) is 18.4. The van der Waals surface area contributed by atoms with E-state index in [1.165, 1.54) is 5.52 Å². The first-order valence-corrected chi connectivity index (χ1v) is 11.4. The van der Waals surface area contributed by atoms with Gasteiger partial charge in [0.1, 0.15) is 11.4 Å². The van der Waals surface area contributed by atoms with Crippen molar-refractivity contribution in [3.8, 4) is 5.75 Å². The number of aliphatic hydroxyl groups is 2. The van der Waals surface area contributed by atoms with Crippen molar-refractivity contribution in [3.63, 3.8) is 0 Å². The fourth-order valence-electron chi connectivity index (χ4n) is 5.35. The summed E-state index contributed by atoms with van der Waals surface area (Å²) < 4.78 is 8.65. The van der Waals surface area contributed by atoms with Crippen molar-refractivity contribution in [3.05, 3.63) is 65.4 Å². The van der Waals surface area contributed by atoms with Crippen LogP contribution < -0.4 is 4.74 Å². The first-order valence-electron chi connectivity index (χ1n) is 11.4. The van der Waals surface area contributed by atoms with E-state index in [1.807, 2.05) is 37.3 Å². The fourth-order valence-corrected chi connectivity index (χ4v) is 5.35. The van der Waals surface area contributed by atoms with Crippen molar-refractivity contribution in [1.82, 2.24) is 9.47 Å². The SMILES string of the molecule is CCn1cc([C@H](O)CN2CCC3(CC2)C[C@H](O)c2cc(C)ccc2O3)c2ccccc21. The van der Waals surface area contributed by atoms with Gasteiger partial charge in [-0.1, -0.05) is 29.8 Å². The Kier molecular flexibility index (Phi) is 5.29. The van der Waals surface area contributed by atoms with E-state index in [0.717, 1.165) is 60.3 Å². The van der Waals surface area contributed by atoms with Crippen molar-refractivity contribution in [2.24, 2.45) is 0 Å². The molecule has 0 aliphatic carbocycles. The molecule has 0 bridgehead atoms. The van der Waals surface area contributed by atoms with E-state index in [2.05, 4.69) is 34.7 Å². The number of hydrogen-bond acceptors (Lipinski definition) is 4. The number of aliphatic hydroxyl groups excluding tert-OH is 2. The number of aryl methyl sites for hydroxylation is 2. The summed E-state index contributed by atoms with van der Waals surface area (Å²) in [6.45, 7) is 7.39. The van der Waals surface area contributed by atoms with Crippen LogP contribution in [-0.2, 0) is 6.54 Å². The zero-order chi connectivity index (χ0) is 21.6. The van der Waals surface area contributed by atoms with Gasteiger partial charge in [-0.05, 0) is 44.9 Å². The minimum atomic E-state index is -0.520. The average molecular weight is 421 g/mol. The van der Waals surface area contributed by atoms with Gasteiger partial charge in [0.15, 0.2) is 0 Å². The summed E-state index contributed by atoms with van der Waals surface area (Å²) in [4.78, 5) is 2.33. The van der Waals surface area contributed by atoms with Crippen LogP contribution in [0, 0.1) is 6.92 Å². The predicted octanol–water partition coefficient (Wildman–Crippen LogP) is 4.35. The standard InChI is InChI=1S/C26H32N2O3/c1-3-28-16-21(19-6-4-5-7-22(19)28)24(30)17-27-12-10-26(11-13-27)15-23(29)20-14-18(2)8-9-25(20)31-26/h4-9,14,16,23-24,29-30H,3,10-13,15,17H2,1-2H3/t23-,24+/m0/s1. The average Bonchev–Trinajstić information content (AvgIpc) is 3.15. The lowest BCUT2D eigenvalue weighted by atomic mass is 9.81. The Balaban J connectivity index is 1.27. The Hall–Kier alpha value is -2.34. The first-order chi connectivity index (χ1) is 15.0. The van der Waals surface area contributed by atoms with E-state index in [9.17, 15) is 10.2 Å². The van der Waals surface area contributed by atoms with Crippen LogP contribution in [0.2, 0.25) is 0 Å². The second-order valence-corrected chi connectivity index (χ2v) is 9.25. The number of β-amino-alcohol motifs (C(OH)–C–C–N with tert-alkyl or cyclic N) is 1. The zero-order valence-corrected chi connectivity index (χ0v) is 18.4. The molecule has 3 heterocycles. The van der Waals surface area contributed by atoms with Gasteiger partial charge in [-0.3, -0.25) is 0 Å². The lowest BCUT2D eigenvalue weighted by molar-refractivity contribution is -0.0587. The number of hydrogen-bond donors (Lipinski definition) is 2. The third kappa shape index (κ3) is 3.75. The lowest BCUT2D eigenvalue weighted by Crippen LogP contribution is -2.51. The fraction of sp³-hybridized carbons (Fsp3) is 0.462. The molecule has 0 saturated carbocycles. The molecular weight excluding hydrogens is 388 g/mol. The number of rotatable bonds is 4. The van der Waals surface area contributed by atoms with Gasteiger partial charge in [0.2, 0.25) is 0 Å². The number of benzene rings is 2. The monoisotopic (exact) mass is 420 g/mol. The van der Waals surface area contributed by atoms with E-state index in [1.54, 1.807) is 0 Å². The summed E-state index contributed by atoms with van der Waals surface area (Å²) in [6.07, 6.45) is 3.47. The number of ether oxygens (including phenoxy) is 1. The predicted molar refractivity (Wildman–Crippen MR) is 122 cm³/mol. The lowest BCUT2D eigenvalue weighted by Gasteiger charge is -2.46. The molecule has 1 aromatic heterocycles. The molecule has 2 aliphatic rings. The highest BCUT2D eigenvalue weighted by Gasteiger charge is 2.43. The molecule has 1 spiro atoms. The van der Waals surface area contributed by atoms with Gasteiger partial charge in [0, 0.05) is 60.8 Å². The number of nitrogens with zero attached hydrogens (tertiary/aromatic N) is 2. The van der Waals surface area contributed by atoms with Crippen molar-refractivity contribution in [1.29, 1.82) is 0 Å². The molecule has 164 valence electrons. The number of piperidine rings is 1. The second-order valence-electron chi connectivity index (χ2n) is 9.25. The van der Waals surface area contributed by atoms with Crippen LogP contribution in [0.3, 0.4) is 0 Å². The number of likely N-dealkylation sites (tertiary alicyclic amines) is 1. The van der Waals surface area contributed by atoms with E-state index in [4.69, 9.17) is 4.74 Å². The Morgan fingerprint density at radius 1 is 1.16 bits per heavy atom. The van der Waals surface area contributed by atoms with E-state index < -0.39 is 12.2 Å². The molecule has 3 aromatic rings. The normalized spacial score (nSPS) is 21.7. The summed E-state index contributed by atoms with van der Waals surface area (Å²) >= 11 is 0. The summed E-state index contributed by atoms with van der Waals surface area (Å²) in [5.41, 5.74) is 3.93. The van der Waals surface area contributed by atoms with Crippen LogP contribution in [0.5, 0.6) is 5.75 Å². The van der Waals surface area contributed by atoms with Gasteiger partial charge in [0.25, 0.3) is 0 Å². The molecule has 2 N–H and O–H groups in total. The Morgan fingerprint density at radius 3 is 2.71 bits per heavy atom. The molecule has 1 saturated heterocycles. The number of para-hydroxylation sites is 1. The van der Waals surface area contributed by atoms with Gasteiger partial charge >= 0.3 is 0 Å². The van der Waals surface area contributed by atoms with E-state index in [-0.39, 0.29) is 5.60 Å². The number of fused-ring (bicyclic) bond motifs is 2. The van der Waals surface area contributed by atoms with Crippen molar-refractivity contribution in [2.45, 2.75) is 57.5 Å². The molecule has 2 aliphatic heterocycles. The van der Waals surface area contributed by atoms with E-state index in [0.29, 0.717) is 13.0 Å².